The summed E-state index contributed by atoms with van der Waals surface area (Å²) in [6.07, 6.45) is 4.98. The second-order valence-corrected chi connectivity index (χ2v) is 6.39. The van der Waals surface area contributed by atoms with E-state index in [0.29, 0.717) is 6.54 Å². The second-order valence-electron chi connectivity index (χ2n) is 5.31. The highest BCUT2D eigenvalue weighted by Gasteiger charge is 2.21. The molecule has 0 amide bonds. The van der Waals surface area contributed by atoms with Crippen LogP contribution in [0.15, 0.2) is 24.3 Å². The molecular formula is C16H20N2S. The molecule has 1 unspecified atom stereocenters. The van der Waals surface area contributed by atoms with E-state index in [2.05, 4.69) is 31.2 Å². The van der Waals surface area contributed by atoms with Gasteiger partial charge in [0.25, 0.3) is 0 Å². The molecule has 2 nitrogen and oxygen atoms in total. The zero-order valence-electron chi connectivity index (χ0n) is 11.4. The van der Waals surface area contributed by atoms with Gasteiger partial charge >= 0.3 is 0 Å². The maximum atomic E-state index is 5.64. The van der Waals surface area contributed by atoms with Crippen LogP contribution in [0.2, 0.25) is 0 Å². The first-order valence-electron chi connectivity index (χ1n) is 7.08. The molecule has 1 aromatic heterocycles. The summed E-state index contributed by atoms with van der Waals surface area (Å²) in [6, 6.07) is 8.49. The third-order valence-corrected chi connectivity index (χ3v) is 5.22. The van der Waals surface area contributed by atoms with Crippen LogP contribution in [0.1, 0.15) is 35.9 Å². The van der Waals surface area contributed by atoms with Crippen molar-refractivity contribution in [2.24, 2.45) is 11.7 Å². The van der Waals surface area contributed by atoms with Crippen LogP contribution in [0.25, 0.3) is 10.6 Å². The SMILES string of the molecule is CCC1CCc2nc(-c3ccc(CN)cc3)sc2C1. The molecule has 0 bridgehead atoms. The van der Waals surface area contributed by atoms with Gasteiger partial charge in [0.15, 0.2) is 0 Å². The molecule has 19 heavy (non-hydrogen) atoms. The zero-order chi connectivity index (χ0) is 13.2. The fourth-order valence-electron chi connectivity index (χ4n) is 2.70. The number of benzene rings is 1. The van der Waals surface area contributed by atoms with Crippen LogP contribution in [-0.2, 0) is 19.4 Å². The number of aromatic nitrogens is 1. The molecular weight excluding hydrogens is 252 g/mol. The van der Waals surface area contributed by atoms with Crippen molar-refractivity contribution in [1.82, 2.24) is 4.98 Å². The fourth-order valence-corrected chi connectivity index (χ4v) is 3.93. The number of hydrogen-bond donors (Lipinski definition) is 1. The molecule has 0 saturated carbocycles. The van der Waals surface area contributed by atoms with Gasteiger partial charge in [0.1, 0.15) is 5.01 Å². The first kappa shape index (κ1) is 12.8. The van der Waals surface area contributed by atoms with E-state index in [1.165, 1.54) is 46.0 Å². The van der Waals surface area contributed by atoms with Gasteiger partial charge < -0.3 is 5.73 Å². The quantitative estimate of drug-likeness (QED) is 0.923. The number of rotatable bonds is 3. The van der Waals surface area contributed by atoms with Gasteiger partial charge in [-0.25, -0.2) is 4.98 Å². The van der Waals surface area contributed by atoms with E-state index >= 15 is 0 Å². The van der Waals surface area contributed by atoms with Crippen molar-refractivity contribution in [2.75, 3.05) is 0 Å². The summed E-state index contributed by atoms with van der Waals surface area (Å²) >= 11 is 1.88. The lowest BCUT2D eigenvalue weighted by molar-refractivity contribution is 0.446. The van der Waals surface area contributed by atoms with Crippen molar-refractivity contribution in [3.63, 3.8) is 0 Å². The Morgan fingerprint density at radius 3 is 2.79 bits per heavy atom. The first-order valence-corrected chi connectivity index (χ1v) is 7.89. The van der Waals surface area contributed by atoms with Crippen molar-refractivity contribution in [2.45, 2.75) is 39.2 Å². The molecule has 0 radical (unpaired) electrons. The Morgan fingerprint density at radius 1 is 1.32 bits per heavy atom. The van der Waals surface area contributed by atoms with E-state index in [0.717, 1.165) is 12.3 Å². The van der Waals surface area contributed by atoms with E-state index in [1.54, 1.807) is 0 Å². The van der Waals surface area contributed by atoms with Crippen molar-refractivity contribution < 1.29 is 0 Å². The lowest BCUT2D eigenvalue weighted by atomic mass is 9.89. The Balaban J connectivity index is 1.88. The molecule has 3 rings (SSSR count). The minimum absolute atomic E-state index is 0.604. The van der Waals surface area contributed by atoms with Crippen LogP contribution in [0.4, 0.5) is 0 Å². The maximum absolute atomic E-state index is 5.64. The Labute approximate surface area is 118 Å². The van der Waals surface area contributed by atoms with Gasteiger partial charge in [-0.3, -0.25) is 0 Å². The Morgan fingerprint density at radius 2 is 2.11 bits per heavy atom. The Kier molecular flexibility index (Phi) is 3.67. The number of aryl methyl sites for hydroxylation is 1. The van der Waals surface area contributed by atoms with Gasteiger partial charge in [0.05, 0.1) is 5.69 Å². The van der Waals surface area contributed by atoms with E-state index < -0.39 is 0 Å². The molecule has 2 aromatic rings. The van der Waals surface area contributed by atoms with E-state index in [4.69, 9.17) is 10.7 Å². The van der Waals surface area contributed by atoms with Gasteiger partial charge in [0.2, 0.25) is 0 Å². The highest BCUT2D eigenvalue weighted by molar-refractivity contribution is 7.15. The number of fused-ring (bicyclic) bond motifs is 1. The summed E-state index contributed by atoms with van der Waals surface area (Å²) in [6.45, 7) is 2.90. The van der Waals surface area contributed by atoms with Gasteiger partial charge in [-0.15, -0.1) is 11.3 Å². The lowest BCUT2D eigenvalue weighted by Gasteiger charge is -2.18. The minimum Gasteiger partial charge on any atom is -0.326 e. The van der Waals surface area contributed by atoms with Gasteiger partial charge in [0, 0.05) is 17.0 Å². The van der Waals surface area contributed by atoms with Crippen LogP contribution in [0, 0.1) is 5.92 Å². The molecule has 3 heteroatoms. The predicted molar refractivity (Wildman–Crippen MR) is 81.2 cm³/mol. The van der Waals surface area contributed by atoms with Crippen LogP contribution in [0.5, 0.6) is 0 Å². The molecule has 1 atom stereocenters. The average Bonchev–Trinajstić information content (AvgIpc) is 2.90. The summed E-state index contributed by atoms with van der Waals surface area (Å²) in [5.74, 6) is 0.861. The smallest absolute Gasteiger partial charge is 0.123 e. The summed E-state index contributed by atoms with van der Waals surface area (Å²) in [5, 5.41) is 1.17. The van der Waals surface area contributed by atoms with Crippen LogP contribution in [0.3, 0.4) is 0 Å². The summed E-state index contributed by atoms with van der Waals surface area (Å²) in [4.78, 5) is 6.34. The molecule has 0 fully saturated rings. The standard InChI is InChI=1S/C16H20N2S/c1-2-11-5-8-14-15(9-11)19-16(18-14)13-6-3-12(10-17)4-7-13/h3-4,6-7,11H,2,5,8-10,17H2,1H3. The largest absolute Gasteiger partial charge is 0.326 e. The summed E-state index contributed by atoms with van der Waals surface area (Å²) in [5.41, 5.74) is 9.38. The van der Waals surface area contributed by atoms with Crippen LogP contribution in [-0.4, -0.2) is 4.98 Å². The van der Waals surface area contributed by atoms with E-state index in [9.17, 15) is 0 Å². The average molecular weight is 272 g/mol. The normalized spacial score (nSPS) is 18.3. The zero-order valence-corrected chi connectivity index (χ0v) is 12.2. The van der Waals surface area contributed by atoms with Crippen LogP contribution < -0.4 is 5.73 Å². The highest BCUT2D eigenvalue weighted by atomic mass is 32.1. The molecule has 100 valence electrons. The Hall–Kier alpha value is -1.19. The van der Waals surface area contributed by atoms with Gasteiger partial charge in [-0.2, -0.15) is 0 Å². The molecule has 1 aliphatic rings. The van der Waals surface area contributed by atoms with Crippen LogP contribution >= 0.6 is 11.3 Å². The Bertz CT molecular complexity index is 557. The van der Waals surface area contributed by atoms with Crippen molar-refractivity contribution in [3.8, 4) is 10.6 Å². The maximum Gasteiger partial charge on any atom is 0.123 e. The highest BCUT2D eigenvalue weighted by Crippen LogP contribution is 2.35. The van der Waals surface area contributed by atoms with Gasteiger partial charge in [-0.1, -0.05) is 37.6 Å². The minimum atomic E-state index is 0.604. The molecule has 1 aromatic carbocycles. The third-order valence-electron chi connectivity index (χ3n) is 4.06. The summed E-state index contributed by atoms with van der Waals surface area (Å²) < 4.78 is 0. The first-order chi connectivity index (χ1) is 9.30. The molecule has 1 heterocycles. The number of hydrogen-bond acceptors (Lipinski definition) is 3. The van der Waals surface area contributed by atoms with Crippen molar-refractivity contribution >= 4 is 11.3 Å². The van der Waals surface area contributed by atoms with Crippen molar-refractivity contribution in [1.29, 1.82) is 0 Å². The van der Waals surface area contributed by atoms with Crippen molar-refractivity contribution in [3.05, 3.63) is 40.4 Å². The molecule has 2 N–H and O–H groups in total. The molecule has 0 saturated heterocycles. The third kappa shape index (κ3) is 2.58. The topological polar surface area (TPSA) is 38.9 Å². The molecule has 1 aliphatic carbocycles. The molecule has 0 spiro atoms. The number of thiazole rings is 1. The second kappa shape index (κ2) is 5.43. The molecule has 0 aliphatic heterocycles. The van der Waals surface area contributed by atoms with E-state index in [-0.39, 0.29) is 0 Å². The monoisotopic (exact) mass is 272 g/mol. The number of nitrogens with zero attached hydrogens (tertiary/aromatic N) is 1. The predicted octanol–water partition coefficient (Wildman–Crippen LogP) is 3.78. The lowest BCUT2D eigenvalue weighted by Crippen LogP contribution is -2.11. The fraction of sp³-hybridized carbons (Fsp3) is 0.438. The summed E-state index contributed by atoms with van der Waals surface area (Å²) in [7, 11) is 0. The number of nitrogens with two attached hydrogens (primary N) is 1. The van der Waals surface area contributed by atoms with E-state index in [1.807, 2.05) is 11.3 Å². The van der Waals surface area contributed by atoms with Gasteiger partial charge in [-0.05, 0) is 30.7 Å².